The van der Waals surface area contributed by atoms with Gasteiger partial charge in [-0.25, -0.2) is 0 Å². The summed E-state index contributed by atoms with van der Waals surface area (Å²) < 4.78 is 0. The lowest BCUT2D eigenvalue weighted by atomic mass is 9.74. The minimum Gasteiger partial charge on any atom is -0.325 e. The van der Waals surface area contributed by atoms with Crippen molar-refractivity contribution in [2.24, 2.45) is 11.1 Å². The largest absolute Gasteiger partial charge is 0.325 e. The molecular weight excluding hydrogens is 236 g/mol. The van der Waals surface area contributed by atoms with Crippen LogP contribution in [-0.4, -0.2) is 11.4 Å². The van der Waals surface area contributed by atoms with Crippen LogP contribution in [0.5, 0.6) is 0 Å². The van der Waals surface area contributed by atoms with Crippen LogP contribution in [0.3, 0.4) is 0 Å². The van der Waals surface area contributed by atoms with Gasteiger partial charge in [-0.1, -0.05) is 25.1 Å². The van der Waals surface area contributed by atoms with Gasteiger partial charge in [0.25, 0.3) is 0 Å². The van der Waals surface area contributed by atoms with Crippen molar-refractivity contribution in [2.45, 2.75) is 53.5 Å². The van der Waals surface area contributed by atoms with Crippen LogP contribution in [-0.2, 0) is 11.2 Å². The van der Waals surface area contributed by atoms with E-state index in [9.17, 15) is 4.79 Å². The summed E-state index contributed by atoms with van der Waals surface area (Å²) in [6.45, 7) is 11.6. The molecule has 0 spiro atoms. The van der Waals surface area contributed by atoms with Crippen molar-refractivity contribution < 1.29 is 4.79 Å². The number of hydrogen-bond acceptors (Lipinski definition) is 2. The maximum atomic E-state index is 12.5. The second kappa shape index (κ2) is 5.33. The van der Waals surface area contributed by atoms with Crippen molar-refractivity contribution in [2.75, 3.05) is 5.32 Å². The molecule has 0 bridgehead atoms. The van der Waals surface area contributed by atoms with Crippen LogP contribution in [0.15, 0.2) is 18.2 Å². The molecule has 1 aromatic carbocycles. The molecule has 0 unspecified atom stereocenters. The second-order valence-corrected chi connectivity index (χ2v) is 6.26. The van der Waals surface area contributed by atoms with Gasteiger partial charge in [0.15, 0.2) is 0 Å². The van der Waals surface area contributed by atoms with Gasteiger partial charge in [0.1, 0.15) is 0 Å². The van der Waals surface area contributed by atoms with Gasteiger partial charge >= 0.3 is 0 Å². The first kappa shape index (κ1) is 15.7. The zero-order valence-corrected chi connectivity index (χ0v) is 12.9. The molecule has 1 rings (SSSR count). The second-order valence-electron chi connectivity index (χ2n) is 6.26. The quantitative estimate of drug-likeness (QED) is 0.875. The van der Waals surface area contributed by atoms with E-state index in [2.05, 4.69) is 12.2 Å². The number of aryl methyl sites for hydroxylation is 2. The maximum absolute atomic E-state index is 12.5. The monoisotopic (exact) mass is 262 g/mol. The van der Waals surface area contributed by atoms with E-state index in [1.165, 1.54) is 0 Å². The standard InChI is InChI=1S/C16H26N2O/c1-7-12-10-8-9-11(2)13(12)18-14(19)15(3,4)16(5,6)17/h8-10H,7,17H2,1-6H3,(H,18,19). The Hall–Kier alpha value is -1.35. The van der Waals surface area contributed by atoms with Crippen molar-refractivity contribution in [1.29, 1.82) is 0 Å². The predicted molar refractivity (Wildman–Crippen MR) is 81.2 cm³/mol. The van der Waals surface area contributed by atoms with Crippen molar-refractivity contribution >= 4 is 11.6 Å². The van der Waals surface area contributed by atoms with E-state index in [-0.39, 0.29) is 5.91 Å². The van der Waals surface area contributed by atoms with E-state index in [0.717, 1.165) is 23.2 Å². The van der Waals surface area contributed by atoms with Crippen LogP contribution in [0.4, 0.5) is 5.69 Å². The minimum absolute atomic E-state index is 0.0380. The topological polar surface area (TPSA) is 55.1 Å². The summed E-state index contributed by atoms with van der Waals surface area (Å²) in [5, 5.41) is 3.06. The smallest absolute Gasteiger partial charge is 0.231 e. The Kier molecular flexibility index (Phi) is 4.41. The molecule has 0 aliphatic carbocycles. The third-order valence-corrected chi connectivity index (χ3v) is 4.16. The number of hydrogen-bond donors (Lipinski definition) is 2. The van der Waals surface area contributed by atoms with Crippen LogP contribution in [0.1, 0.15) is 45.7 Å². The lowest BCUT2D eigenvalue weighted by Gasteiger charge is -2.37. The number of carbonyl (C=O) groups excluding carboxylic acids is 1. The number of nitrogens with two attached hydrogens (primary N) is 1. The molecule has 0 aliphatic rings. The number of para-hydroxylation sites is 1. The number of anilines is 1. The molecule has 0 aliphatic heterocycles. The number of benzene rings is 1. The van der Waals surface area contributed by atoms with E-state index in [4.69, 9.17) is 5.73 Å². The Morgan fingerprint density at radius 1 is 1.26 bits per heavy atom. The van der Waals surface area contributed by atoms with Gasteiger partial charge in [0, 0.05) is 11.2 Å². The summed E-state index contributed by atoms with van der Waals surface area (Å²) in [5.74, 6) is -0.0380. The Balaban J connectivity index is 3.08. The highest BCUT2D eigenvalue weighted by atomic mass is 16.2. The van der Waals surface area contributed by atoms with E-state index in [1.807, 2.05) is 52.8 Å². The van der Waals surface area contributed by atoms with Gasteiger partial charge in [0.2, 0.25) is 5.91 Å². The number of amides is 1. The molecule has 0 radical (unpaired) electrons. The molecule has 1 amide bonds. The molecule has 0 fully saturated rings. The molecule has 3 heteroatoms. The van der Waals surface area contributed by atoms with Crippen LogP contribution < -0.4 is 11.1 Å². The average Bonchev–Trinajstić information content (AvgIpc) is 2.30. The lowest BCUT2D eigenvalue weighted by molar-refractivity contribution is -0.126. The van der Waals surface area contributed by atoms with E-state index >= 15 is 0 Å². The van der Waals surface area contributed by atoms with Crippen LogP contribution >= 0.6 is 0 Å². The fraction of sp³-hybridized carbons (Fsp3) is 0.562. The first-order valence-corrected chi connectivity index (χ1v) is 6.80. The summed E-state index contributed by atoms with van der Waals surface area (Å²) in [5.41, 5.74) is 8.06. The Morgan fingerprint density at radius 2 is 1.84 bits per heavy atom. The van der Waals surface area contributed by atoms with Gasteiger partial charge in [-0.05, 0) is 52.2 Å². The first-order chi connectivity index (χ1) is 8.61. The Labute approximate surface area is 116 Å². The normalized spacial score (nSPS) is 12.4. The van der Waals surface area contributed by atoms with Gasteiger partial charge in [-0.3, -0.25) is 4.79 Å². The summed E-state index contributed by atoms with van der Waals surface area (Å²) in [6.07, 6.45) is 0.893. The third kappa shape index (κ3) is 3.16. The molecule has 0 saturated heterocycles. The maximum Gasteiger partial charge on any atom is 0.231 e. The fourth-order valence-corrected chi connectivity index (χ4v) is 1.76. The molecule has 0 heterocycles. The van der Waals surface area contributed by atoms with Crippen molar-refractivity contribution in [3.8, 4) is 0 Å². The molecule has 1 aromatic rings. The zero-order valence-electron chi connectivity index (χ0n) is 12.9. The average molecular weight is 262 g/mol. The molecular formula is C16H26N2O. The zero-order chi connectivity index (χ0) is 14.8. The summed E-state index contributed by atoms with van der Waals surface area (Å²) in [7, 11) is 0. The molecule has 3 nitrogen and oxygen atoms in total. The van der Waals surface area contributed by atoms with Gasteiger partial charge in [0.05, 0.1) is 5.41 Å². The molecule has 0 atom stereocenters. The Morgan fingerprint density at radius 3 is 2.32 bits per heavy atom. The lowest BCUT2D eigenvalue weighted by Crippen LogP contribution is -2.53. The highest BCUT2D eigenvalue weighted by Gasteiger charge is 2.40. The van der Waals surface area contributed by atoms with Crippen molar-refractivity contribution in [3.63, 3.8) is 0 Å². The predicted octanol–water partition coefficient (Wildman–Crippen LogP) is 3.26. The first-order valence-electron chi connectivity index (χ1n) is 6.80. The number of nitrogens with one attached hydrogen (secondary N) is 1. The molecule has 106 valence electrons. The summed E-state index contributed by atoms with van der Waals surface area (Å²) in [4.78, 5) is 12.5. The molecule has 19 heavy (non-hydrogen) atoms. The van der Waals surface area contributed by atoms with Gasteiger partial charge < -0.3 is 11.1 Å². The van der Waals surface area contributed by atoms with Gasteiger partial charge in [-0.2, -0.15) is 0 Å². The summed E-state index contributed by atoms with van der Waals surface area (Å²) in [6, 6.07) is 6.07. The molecule has 3 N–H and O–H groups in total. The van der Waals surface area contributed by atoms with Crippen LogP contribution in [0, 0.1) is 12.3 Å². The molecule has 0 aromatic heterocycles. The summed E-state index contributed by atoms with van der Waals surface area (Å²) >= 11 is 0. The highest BCUT2D eigenvalue weighted by Crippen LogP contribution is 2.31. The van der Waals surface area contributed by atoms with Crippen molar-refractivity contribution in [3.05, 3.63) is 29.3 Å². The van der Waals surface area contributed by atoms with Gasteiger partial charge in [-0.15, -0.1) is 0 Å². The molecule has 0 saturated carbocycles. The van der Waals surface area contributed by atoms with Crippen LogP contribution in [0.25, 0.3) is 0 Å². The van der Waals surface area contributed by atoms with Crippen LogP contribution in [0.2, 0.25) is 0 Å². The Bertz CT molecular complexity index is 470. The number of rotatable bonds is 4. The SMILES string of the molecule is CCc1cccc(C)c1NC(=O)C(C)(C)C(C)(C)N. The van der Waals surface area contributed by atoms with E-state index < -0.39 is 11.0 Å². The fourth-order valence-electron chi connectivity index (χ4n) is 1.76. The number of carbonyl (C=O) groups is 1. The van der Waals surface area contributed by atoms with Crippen molar-refractivity contribution in [1.82, 2.24) is 0 Å². The third-order valence-electron chi connectivity index (χ3n) is 4.16. The highest BCUT2D eigenvalue weighted by molar-refractivity contribution is 5.97. The van der Waals surface area contributed by atoms with E-state index in [0.29, 0.717) is 0 Å². The minimum atomic E-state index is -0.639. The van der Waals surface area contributed by atoms with E-state index in [1.54, 1.807) is 0 Å².